The molecule has 0 aromatic heterocycles. The molecule has 2 bridgehead atoms. The molecule has 2 aliphatic heterocycles. The van der Waals surface area contributed by atoms with Crippen LogP contribution in [0.5, 0.6) is 0 Å². The van der Waals surface area contributed by atoms with E-state index in [9.17, 15) is 20.6 Å². The van der Waals surface area contributed by atoms with Crippen LogP contribution in [0.25, 0.3) is 0 Å². The maximum Gasteiger partial charge on any atom is 0.337 e. The average molecular weight is 461 g/mol. The number of methoxy groups -OCH3 is 1. The molecule has 2 aromatic carbocycles. The Morgan fingerprint density at radius 2 is 1.79 bits per heavy atom. The third-order valence-electron chi connectivity index (χ3n) is 6.53. The first kappa shape index (κ1) is 22.3. The zero-order valence-electron chi connectivity index (χ0n) is 17.6. The fraction of sp³-hybridized carbons (Fsp3) is 0.292. The lowest BCUT2D eigenvalue weighted by molar-refractivity contribution is -0.288. The second-order valence-corrected chi connectivity index (χ2v) is 8.33. The fourth-order valence-corrected chi connectivity index (χ4v) is 4.98. The summed E-state index contributed by atoms with van der Waals surface area (Å²) in [6, 6.07) is 18.6. The predicted octanol–water partition coefficient (Wildman–Crippen LogP) is 4.24. The van der Waals surface area contributed by atoms with Crippen molar-refractivity contribution in [2.24, 2.45) is 16.7 Å². The molecule has 4 unspecified atom stereocenters. The molecule has 4 rings (SSSR count). The van der Waals surface area contributed by atoms with Crippen molar-refractivity contribution >= 4 is 23.5 Å². The number of ether oxygens (including phenoxy) is 3. The Bertz CT molecular complexity index is 1280. The number of esters is 1. The van der Waals surface area contributed by atoms with Crippen LogP contribution >= 0.6 is 11.6 Å². The maximum absolute atomic E-state index is 11.8. The second kappa shape index (κ2) is 7.60. The summed E-state index contributed by atoms with van der Waals surface area (Å²) >= 11 is 6.20. The molecule has 8 nitrogen and oxygen atoms in total. The van der Waals surface area contributed by atoms with Crippen LogP contribution in [0.1, 0.15) is 34.5 Å². The summed E-state index contributed by atoms with van der Waals surface area (Å²) in [7, 11) is 1.25. The van der Waals surface area contributed by atoms with Gasteiger partial charge in [-0.3, -0.25) is 5.41 Å². The Kier molecular flexibility index (Phi) is 5.14. The highest BCUT2D eigenvalue weighted by atomic mass is 35.5. The monoisotopic (exact) mass is 460 g/mol. The molecule has 2 saturated heterocycles. The zero-order chi connectivity index (χ0) is 24.0. The molecule has 2 heterocycles. The third-order valence-corrected chi connectivity index (χ3v) is 6.77. The summed E-state index contributed by atoms with van der Waals surface area (Å²) in [6.45, 7) is 1.62. The predicted molar refractivity (Wildman–Crippen MR) is 114 cm³/mol. The van der Waals surface area contributed by atoms with E-state index in [-0.39, 0.29) is 5.56 Å². The molecule has 0 spiro atoms. The number of hydrogen-bond acceptors (Lipinski definition) is 8. The molecule has 2 aliphatic rings. The van der Waals surface area contributed by atoms with E-state index in [1.54, 1.807) is 31.2 Å². The lowest BCUT2D eigenvalue weighted by atomic mass is 9.53. The lowest BCUT2D eigenvalue weighted by Crippen LogP contribution is -2.57. The van der Waals surface area contributed by atoms with Crippen molar-refractivity contribution in [3.63, 3.8) is 0 Å². The smallest absolute Gasteiger partial charge is 0.337 e. The minimum atomic E-state index is -2.11. The van der Waals surface area contributed by atoms with Crippen molar-refractivity contribution in [1.29, 1.82) is 21.2 Å². The van der Waals surface area contributed by atoms with E-state index in [1.807, 2.05) is 12.1 Å². The van der Waals surface area contributed by atoms with Crippen LogP contribution in [0.2, 0.25) is 5.02 Å². The van der Waals surface area contributed by atoms with Crippen LogP contribution in [0.3, 0.4) is 0 Å². The molecular weight excluding hydrogens is 444 g/mol. The summed E-state index contributed by atoms with van der Waals surface area (Å²) in [5, 5.41) is 39.8. The summed E-state index contributed by atoms with van der Waals surface area (Å²) in [4.78, 5) is 11.8. The highest BCUT2D eigenvalue weighted by Crippen LogP contribution is 2.69. The van der Waals surface area contributed by atoms with E-state index in [0.29, 0.717) is 16.1 Å². The Balaban J connectivity index is 1.98. The van der Waals surface area contributed by atoms with Crippen molar-refractivity contribution in [2.45, 2.75) is 18.8 Å². The molecule has 2 fully saturated rings. The molecule has 0 radical (unpaired) electrons. The van der Waals surface area contributed by atoms with Crippen molar-refractivity contribution in [1.82, 2.24) is 0 Å². The quantitative estimate of drug-likeness (QED) is 0.675. The normalized spacial score (nSPS) is 29.2. The van der Waals surface area contributed by atoms with Gasteiger partial charge in [-0.05, 0) is 29.8 Å². The average Bonchev–Trinajstić information content (AvgIpc) is 3.00. The van der Waals surface area contributed by atoms with Crippen molar-refractivity contribution in [3.8, 4) is 18.2 Å². The number of nitrogens with zero attached hydrogens (tertiary/aromatic N) is 3. The van der Waals surface area contributed by atoms with Gasteiger partial charge in [-0.15, -0.1) is 0 Å². The Morgan fingerprint density at radius 3 is 2.33 bits per heavy atom. The minimum absolute atomic E-state index is 0.261. The number of benzene rings is 2. The third kappa shape index (κ3) is 2.71. The first-order chi connectivity index (χ1) is 15.8. The molecule has 2 aromatic rings. The van der Waals surface area contributed by atoms with E-state index in [0.717, 1.165) is 0 Å². The number of halogens is 1. The number of nitriles is 3. The van der Waals surface area contributed by atoms with E-state index >= 15 is 0 Å². The molecule has 0 saturated carbocycles. The SMILES string of the molecule is COC(=O)c1ccc(C2OC3(c4cccc(Cl)c4)OC(=N)C(C#N)(C3C)C2(C#N)C#N)cc1. The van der Waals surface area contributed by atoms with Crippen LogP contribution in [0.4, 0.5) is 0 Å². The van der Waals surface area contributed by atoms with Crippen LogP contribution in [-0.2, 0) is 20.0 Å². The van der Waals surface area contributed by atoms with Gasteiger partial charge in [0.05, 0.1) is 36.8 Å². The largest absolute Gasteiger partial charge is 0.465 e. The van der Waals surface area contributed by atoms with Crippen molar-refractivity contribution in [3.05, 3.63) is 70.2 Å². The van der Waals surface area contributed by atoms with Gasteiger partial charge in [-0.2, -0.15) is 15.8 Å². The Labute approximate surface area is 195 Å². The van der Waals surface area contributed by atoms with Gasteiger partial charge in [0.2, 0.25) is 17.1 Å². The van der Waals surface area contributed by atoms with Crippen LogP contribution in [0.15, 0.2) is 48.5 Å². The highest BCUT2D eigenvalue weighted by molar-refractivity contribution is 6.30. The molecule has 164 valence electrons. The second-order valence-electron chi connectivity index (χ2n) is 7.89. The summed E-state index contributed by atoms with van der Waals surface area (Å²) < 4.78 is 17.0. The van der Waals surface area contributed by atoms with E-state index < -0.39 is 40.5 Å². The van der Waals surface area contributed by atoms with Crippen LogP contribution in [-0.4, -0.2) is 19.0 Å². The standard InChI is InChI=1S/C24H17ClN4O4/c1-14-23(13-28)21(29)33-24(14,17-4-3-5-18(25)10-17)32-19(22(23,11-26)12-27)15-6-8-16(9-7-15)20(30)31-2/h3-10,14,19,29H,1-2H3. The van der Waals surface area contributed by atoms with Gasteiger partial charge in [0.15, 0.2) is 5.41 Å². The summed E-state index contributed by atoms with van der Waals surface area (Å²) in [6.07, 6.45) is -1.28. The van der Waals surface area contributed by atoms with Gasteiger partial charge in [0, 0.05) is 10.6 Å². The molecule has 33 heavy (non-hydrogen) atoms. The lowest BCUT2D eigenvalue weighted by Gasteiger charge is -2.48. The number of nitrogens with one attached hydrogen (secondary N) is 1. The molecule has 0 amide bonds. The topological polar surface area (TPSA) is 140 Å². The van der Waals surface area contributed by atoms with Gasteiger partial charge in [0.25, 0.3) is 0 Å². The van der Waals surface area contributed by atoms with Crippen molar-refractivity contribution in [2.75, 3.05) is 7.11 Å². The zero-order valence-corrected chi connectivity index (χ0v) is 18.4. The molecule has 4 atom stereocenters. The van der Waals surface area contributed by atoms with E-state index in [1.165, 1.54) is 31.4 Å². The Hall–Kier alpha value is -3.90. The minimum Gasteiger partial charge on any atom is -0.465 e. The molecule has 0 aliphatic carbocycles. The van der Waals surface area contributed by atoms with Gasteiger partial charge < -0.3 is 14.2 Å². The van der Waals surface area contributed by atoms with Gasteiger partial charge in [-0.1, -0.05) is 42.8 Å². The van der Waals surface area contributed by atoms with E-state index in [2.05, 4.69) is 6.07 Å². The van der Waals surface area contributed by atoms with Crippen LogP contribution < -0.4 is 0 Å². The van der Waals surface area contributed by atoms with Crippen LogP contribution in [0, 0.1) is 56.2 Å². The molecule has 1 N–H and O–H groups in total. The van der Waals surface area contributed by atoms with Crippen molar-refractivity contribution < 1.29 is 19.0 Å². The number of carbonyl (C=O) groups excluding carboxylic acids is 1. The van der Waals surface area contributed by atoms with Gasteiger partial charge >= 0.3 is 5.97 Å². The van der Waals surface area contributed by atoms with E-state index in [4.69, 9.17) is 31.2 Å². The van der Waals surface area contributed by atoms with Gasteiger partial charge in [-0.25, -0.2) is 4.79 Å². The molecular formula is C24H17ClN4O4. The van der Waals surface area contributed by atoms with Gasteiger partial charge in [0.1, 0.15) is 6.10 Å². The number of fused-ring (bicyclic) bond motifs is 2. The molecule has 9 heteroatoms. The first-order valence-electron chi connectivity index (χ1n) is 9.90. The fourth-order valence-electron chi connectivity index (χ4n) is 4.79. The summed E-state index contributed by atoms with van der Waals surface area (Å²) in [5.74, 6) is -3.61. The maximum atomic E-state index is 11.8. The number of carbonyl (C=O) groups is 1. The Morgan fingerprint density at radius 1 is 1.12 bits per heavy atom. The highest BCUT2D eigenvalue weighted by Gasteiger charge is 2.79. The summed E-state index contributed by atoms with van der Waals surface area (Å²) in [5.41, 5.74) is -2.96. The number of hydrogen-bond donors (Lipinski definition) is 1. The number of rotatable bonds is 3. The first-order valence-corrected chi connectivity index (χ1v) is 10.3.